The van der Waals surface area contributed by atoms with E-state index in [0.29, 0.717) is 0 Å². The molecular weight excluding hydrogens is 781 g/mol. The fourth-order valence-corrected chi connectivity index (χ4v) is 13.4. The lowest BCUT2D eigenvalue weighted by Crippen LogP contribution is -2.37. The van der Waals surface area contributed by atoms with E-state index in [1.165, 1.54) is 136 Å². The molecule has 0 heterocycles. The molecule has 2 nitrogen and oxygen atoms in total. The molecular formula is C58H58N2Si2. The second-order valence-corrected chi connectivity index (χ2v) is 30.4. The summed E-state index contributed by atoms with van der Waals surface area (Å²) in [6.45, 7) is 14.7. The number of aryl methyl sites for hydroxylation is 2. The highest BCUT2D eigenvalue weighted by Crippen LogP contribution is 2.50. The van der Waals surface area contributed by atoms with Gasteiger partial charge >= 0.3 is 0 Å². The number of hydrogen-bond donors (Lipinski definition) is 0. The molecule has 11 rings (SSSR count). The smallest absolute Gasteiger partial charge is 0.0775 e. The summed E-state index contributed by atoms with van der Waals surface area (Å²) in [5.74, 6) is 0. The summed E-state index contributed by atoms with van der Waals surface area (Å²) in [6, 6.07) is 57.0. The molecule has 0 saturated heterocycles. The van der Waals surface area contributed by atoms with Gasteiger partial charge in [-0.25, -0.2) is 0 Å². The third kappa shape index (κ3) is 6.48. The molecule has 2 aliphatic carbocycles. The van der Waals surface area contributed by atoms with Crippen molar-refractivity contribution in [3.8, 4) is 0 Å². The fourth-order valence-electron chi connectivity index (χ4n) is 11.0. The lowest BCUT2D eigenvalue weighted by atomic mass is 9.87. The van der Waals surface area contributed by atoms with Gasteiger partial charge in [0.15, 0.2) is 0 Å². The summed E-state index contributed by atoms with van der Waals surface area (Å²) in [5.41, 5.74) is 13.7. The molecule has 4 heteroatoms. The van der Waals surface area contributed by atoms with E-state index in [-0.39, 0.29) is 0 Å². The zero-order valence-corrected chi connectivity index (χ0v) is 39.4. The summed E-state index contributed by atoms with van der Waals surface area (Å²) in [5, 5.41) is 13.6. The van der Waals surface area contributed by atoms with Crippen LogP contribution in [0.15, 0.2) is 146 Å². The minimum atomic E-state index is -1.47. The van der Waals surface area contributed by atoms with Crippen molar-refractivity contribution in [2.24, 2.45) is 0 Å². The van der Waals surface area contributed by atoms with Crippen molar-refractivity contribution in [2.75, 3.05) is 9.80 Å². The van der Waals surface area contributed by atoms with Crippen LogP contribution in [0.4, 0.5) is 34.1 Å². The molecule has 0 unspecified atom stereocenters. The predicted octanol–water partition coefficient (Wildman–Crippen LogP) is 15.5. The van der Waals surface area contributed by atoms with Crippen molar-refractivity contribution in [3.63, 3.8) is 0 Å². The van der Waals surface area contributed by atoms with Crippen molar-refractivity contribution in [2.45, 2.75) is 90.6 Å². The number of nitrogens with zero attached hydrogens (tertiary/aromatic N) is 2. The van der Waals surface area contributed by atoms with E-state index < -0.39 is 16.1 Å². The van der Waals surface area contributed by atoms with Gasteiger partial charge in [-0.1, -0.05) is 147 Å². The average molecular weight is 839 g/mol. The zero-order chi connectivity index (χ0) is 42.3. The van der Waals surface area contributed by atoms with E-state index in [2.05, 4.69) is 195 Å². The van der Waals surface area contributed by atoms with Crippen molar-refractivity contribution < 1.29 is 0 Å². The van der Waals surface area contributed by atoms with Gasteiger partial charge in [0.1, 0.15) is 0 Å². The Kier molecular flexibility index (Phi) is 9.48. The van der Waals surface area contributed by atoms with Crippen molar-refractivity contribution in [1.29, 1.82) is 0 Å². The Labute approximate surface area is 370 Å². The van der Waals surface area contributed by atoms with E-state index >= 15 is 0 Å². The topological polar surface area (TPSA) is 6.48 Å². The fraction of sp³-hybridized carbons (Fsp3) is 0.241. The zero-order valence-electron chi connectivity index (χ0n) is 37.4. The van der Waals surface area contributed by atoms with Gasteiger partial charge in [-0.2, -0.15) is 0 Å². The van der Waals surface area contributed by atoms with Crippen LogP contribution >= 0.6 is 0 Å². The van der Waals surface area contributed by atoms with Crippen LogP contribution in [0, 0.1) is 0 Å². The molecule has 0 saturated carbocycles. The molecule has 0 N–H and O–H groups in total. The Morgan fingerprint density at radius 2 is 0.677 bits per heavy atom. The van der Waals surface area contributed by atoms with Crippen LogP contribution in [0.25, 0.3) is 43.1 Å². The second-order valence-electron chi connectivity index (χ2n) is 20.2. The molecule has 0 aliphatic heterocycles. The Bertz CT molecular complexity index is 2920. The Hall–Kier alpha value is -5.69. The SMILES string of the molecule is C[Si](C)(C)c1ccc(N(c2cccc3c2CCCC3)c2ccc3c4cccc5c(N(c6ccc([Si](C)(C)C)cc6)c6cccc7c6CCCC7)ccc(c6cccc2c63)c54)cc1. The maximum Gasteiger partial charge on any atom is 0.0775 e. The maximum absolute atomic E-state index is 2.59. The molecule has 0 fully saturated rings. The lowest BCUT2D eigenvalue weighted by Gasteiger charge is -2.32. The first-order chi connectivity index (χ1) is 30.0. The van der Waals surface area contributed by atoms with Crippen LogP contribution in [0.2, 0.25) is 39.3 Å². The van der Waals surface area contributed by atoms with Gasteiger partial charge in [0.25, 0.3) is 0 Å². The summed E-state index contributed by atoms with van der Waals surface area (Å²) in [4.78, 5) is 5.18. The molecule has 0 aromatic heterocycles. The highest BCUT2D eigenvalue weighted by molar-refractivity contribution is 6.89. The van der Waals surface area contributed by atoms with Crippen LogP contribution in [0.5, 0.6) is 0 Å². The summed E-state index contributed by atoms with van der Waals surface area (Å²) in [7, 11) is -2.94. The molecule has 0 atom stereocenters. The highest BCUT2D eigenvalue weighted by atomic mass is 28.3. The number of fused-ring (bicyclic) bond motifs is 4. The van der Waals surface area contributed by atoms with Crippen LogP contribution in [-0.4, -0.2) is 16.1 Å². The second kappa shape index (κ2) is 15.0. The number of rotatable bonds is 8. The first kappa shape index (κ1) is 39.2. The number of anilines is 6. The average Bonchev–Trinajstić information content (AvgIpc) is 3.29. The van der Waals surface area contributed by atoms with Gasteiger partial charge in [0.05, 0.1) is 27.5 Å². The third-order valence-electron chi connectivity index (χ3n) is 14.3. The van der Waals surface area contributed by atoms with Crippen LogP contribution in [-0.2, 0) is 25.7 Å². The predicted molar refractivity (Wildman–Crippen MR) is 276 cm³/mol. The lowest BCUT2D eigenvalue weighted by molar-refractivity contribution is 0.686. The summed E-state index contributed by atoms with van der Waals surface area (Å²) < 4.78 is 0. The van der Waals surface area contributed by atoms with Crippen molar-refractivity contribution >= 4 is 104 Å². The summed E-state index contributed by atoms with van der Waals surface area (Å²) >= 11 is 0. The number of hydrogen-bond acceptors (Lipinski definition) is 2. The van der Waals surface area contributed by atoms with E-state index in [0.717, 1.165) is 25.7 Å². The quantitative estimate of drug-likeness (QED) is 0.0854. The van der Waals surface area contributed by atoms with Gasteiger partial charge in [-0.3, -0.25) is 0 Å². The Morgan fingerprint density at radius 3 is 1.08 bits per heavy atom. The molecule has 0 amide bonds. The van der Waals surface area contributed by atoms with Crippen molar-refractivity contribution in [3.05, 3.63) is 168 Å². The largest absolute Gasteiger partial charge is 0.310 e. The maximum atomic E-state index is 2.59. The minimum Gasteiger partial charge on any atom is -0.310 e. The van der Waals surface area contributed by atoms with E-state index in [1.54, 1.807) is 0 Å². The van der Waals surface area contributed by atoms with Crippen LogP contribution < -0.4 is 20.2 Å². The number of benzene rings is 9. The molecule has 0 bridgehead atoms. The highest BCUT2D eigenvalue weighted by Gasteiger charge is 2.27. The Morgan fingerprint density at radius 1 is 0.323 bits per heavy atom. The molecule has 308 valence electrons. The molecule has 9 aromatic rings. The molecule has 62 heavy (non-hydrogen) atoms. The Balaban J connectivity index is 1.15. The van der Waals surface area contributed by atoms with E-state index in [9.17, 15) is 0 Å². The van der Waals surface area contributed by atoms with Gasteiger partial charge in [0, 0.05) is 33.5 Å². The first-order valence-electron chi connectivity index (χ1n) is 23.2. The van der Waals surface area contributed by atoms with Gasteiger partial charge in [-0.15, -0.1) is 0 Å². The normalized spacial score (nSPS) is 14.4. The van der Waals surface area contributed by atoms with Gasteiger partial charge < -0.3 is 9.80 Å². The van der Waals surface area contributed by atoms with Gasteiger partial charge in [-0.05, 0) is 154 Å². The molecule has 9 aromatic carbocycles. The molecule has 0 radical (unpaired) electrons. The third-order valence-corrected chi connectivity index (χ3v) is 18.4. The van der Waals surface area contributed by atoms with Gasteiger partial charge in [0.2, 0.25) is 0 Å². The molecule has 2 aliphatic rings. The summed E-state index contributed by atoms with van der Waals surface area (Å²) in [6.07, 6.45) is 9.59. The first-order valence-corrected chi connectivity index (χ1v) is 30.2. The standard InChI is InChI=1S/C58H58N2Si2/c1-61(2,3)43-31-27-41(28-32-43)59(53-25-11-17-39-15-7-9-19-45(39)53)55-37-35-49-48-22-14-24-52-56(38-36-50(58(48)52)47-21-13-23-51(55)57(47)49)60(42-29-33-44(34-30-42)62(4,5)6)54-26-12-18-40-16-8-10-20-46(40)54/h11-14,17-18,21-38H,7-10,15-16,19-20H2,1-6H3. The molecule has 0 spiro atoms. The minimum absolute atomic E-state index is 1.12. The van der Waals surface area contributed by atoms with Crippen molar-refractivity contribution in [1.82, 2.24) is 0 Å². The van der Waals surface area contributed by atoms with Crippen LogP contribution in [0.1, 0.15) is 47.9 Å². The van der Waals surface area contributed by atoms with E-state index in [1.807, 2.05) is 0 Å². The van der Waals surface area contributed by atoms with E-state index in [4.69, 9.17) is 0 Å². The monoisotopic (exact) mass is 838 g/mol. The van der Waals surface area contributed by atoms with Crippen LogP contribution in [0.3, 0.4) is 0 Å².